The van der Waals surface area contributed by atoms with Crippen molar-refractivity contribution in [3.05, 3.63) is 59.3 Å². The molecule has 122 valence electrons. The molecule has 2 unspecified atom stereocenters. The first kappa shape index (κ1) is 15.6. The van der Waals surface area contributed by atoms with Crippen molar-refractivity contribution in [3.63, 3.8) is 0 Å². The van der Waals surface area contributed by atoms with Crippen LogP contribution < -0.4 is 10.6 Å². The van der Waals surface area contributed by atoms with Crippen LogP contribution in [0.25, 0.3) is 0 Å². The minimum absolute atomic E-state index is 0.00900. The zero-order valence-corrected chi connectivity index (χ0v) is 12.8. The molecule has 3 N–H and O–H groups in total. The molecule has 0 saturated carbocycles. The highest BCUT2D eigenvalue weighted by atomic mass is 19.1. The van der Waals surface area contributed by atoms with Gasteiger partial charge in [-0.2, -0.15) is 0 Å². The number of hydrogen-bond donors (Lipinski definition) is 3. The standard InChI is InChI=1S/C17H19FN2O3/c1-17(22,15-6-3-9-23-15)10-19-16(21)20-14-8-7-11-12(14)4-2-5-13(11)18/h2-6,9,14,22H,7-8,10H2,1H3,(H2,19,20,21). The molecule has 2 aromatic rings. The van der Waals surface area contributed by atoms with Gasteiger partial charge in [0.2, 0.25) is 0 Å². The molecule has 1 aromatic carbocycles. The van der Waals surface area contributed by atoms with Crippen LogP contribution in [0, 0.1) is 5.82 Å². The third-order valence-electron chi connectivity index (χ3n) is 4.16. The minimum Gasteiger partial charge on any atom is -0.466 e. The molecule has 0 bridgehead atoms. The van der Waals surface area contributed by atoms with Crippen molar-refractivity contribution in [2.24, 2.45) is 0 Å². The quantitative estimate of drug-likeness (QED) is 0.811. The van der Waals surface area contributed by atoms with E-state index in [0.717, 1.165) is 5.56 Å². The molecule has 1 aliphatic rings. The summed E-state index contributed by atoms with van der Waals surface area (Å²) in [6.45, 7) is 1.57. The van der Waals surface area contributed by atoms with Crippen LogP contribution in [0.3, 0.4) is 0 Å². The smallest absolute Gasteiger partial charge is 0.315 e. The molecule has 23 heavy (non-hydrogen) atoms. The lowest BCUT2D eigenvalue weighted by Gasteiger charge is -2.22. The van der Waals surface area contributed by atoms with Gasteiger partial charge in [0.05, 0.1) is 18.8 Å². The number of halogens is 1. The summed E-state index contributed by atoms with van der Waals surface area (Å²) in [4.78, 5) is 12.1. The molecule has 3 rings (SSSR count). The number of urea groups is 1. The highest BCUT2D eigenvalue weighted by molar-refractivity contribution is 5.74. The van der Waals surface area contributed by atoms with Crippen molar-refractivity contribution in [2.45, 2.75) is 31.4 Å². The Labute approximate surface area is 133 Å². The van der Waals surface area contributed by atoms with Gasteiger partial charge in [-0.15, -0.1) is 0 Å². The number of amides is 2. The van der Waals surface area contributed by atoms with Crippen LogP contribution in [0.1, 0.15) is 36.3 Å². The Morgan fingerprint density at radius 1 is 1.43 bits per heavy atom. The normalized spacial score (nSPS) is 19.0. The Kier molecular flexibility index (Phi) is 4.09. The van der Waals surface area contributed by atoms with Gasteiger partial charge in [0.15, 0.2) is 0 Å². The van der Waals surface area contributed by atoms with Crippen LogP contribution in [0.5, 0.6) is 0 Å². The van der Waals surface area contributed by atoms with Crippen LogP contribution >= 0.6 is 0 Å². The van der Waals surface area contributed by atoms with Gasteiger partial charge in [0.1, 0.15) is 17.2 Å². The maximum atomic E-state index is 13.7. The van der Waals surface area contributed by atoms with E-state index >= 15 is 0 Å². The van der Waals surface area contributed by atoms with Crippen molar-refractivity contribution in [2.75, 3.05) is 6.54 Å². The molecular formula is C17H19FN2O3. The van der Waals surface area contributed by atoms with Gasteiger partial charge < -0.3 is 20.2 Å². The number of benzene rings is 1. The SMILES string of the molecule is CC(O)(CNC(=O)NC1CCc2c(F)cccc21)c1ccco1. The number of furan rings is 1. The Balaban J connectivity index is 1.58. The Hall–Kier alpha value is -2.34. The molecule has 0 aliphatic heterocycles. The molecule has 0 radical (unpaired) electrons. The van der Waals surface area contributed by atoms with Crippen LogP contribution in [0.4, 0.5) is 9.18 Å². The fraction of sp³-hybridized carbons (Fsp3) is 0.353. The number of fused-ring (bicyclic) bond motifs is 1. The number of rotatable bonds is 4. The molecule has 0 fully saturated rings. The largest absolute Gasteiger partial charge is 0.466 e. The highest BCUT2D eigenvalue weighted by Gasteiger charge is 2.29. The van der Waals surface area contributed by atoms with E-state index in [9.17, 15) is 14.3 Å². The lowest BCUT2D eigenvalue weighted by molar-refractivity contribution is 0.0366. The van der Waals surface area contributed by atoms with Crippen LogP contribution in [-0.4, -0.2) is 17.7 Å². The second kappa shape index (κ2) is 6.04. The zero-order chi connectivity index (χ0) is 16.4. The van der Waals surface area contributed by atoms with Gasteiger partial charge in [-0.1, -0.05) is 12.1 Å². The van der Waals surface area contributed by atoms with E-state index in [1.165, 1.54) is 12.3 Å². The van der Waals surface area contributed by atoms with E-state index in [1.54, 1.807) is 25.1 Å². The summed E-state index contributed by atoms with van der Waals surface area (Å²) < 4.78 is 18.9. The number of nitrogens with one attached hydrogen (secondary N) is 2. The van der Waals surface area contributed by atoms with E-state index in [2.05, 4.69) is 10.6 Å². The van der Waals surface area contributed by atoms with E-state index in [1.807, 2.05) is 6.07 Å². The Morgan fingerprint density at radius 3 is 3.00 bits per heavy atom. The fourth-order valence-corrected chi connectivity index (χ4v) is 2.89. The van der Waals surface area contributed by atoms with Crippen molar-refractivity contribution >= 4 is 6.03 Å². The number of carbonyl (C=O) groups is 1. The maximum absolute atomic E-state index is 13.7. The predicted octanol–water partition coefficient (Wildman–Crippen LogP) is 2.61. The first-order valence-electron chi connectivity index (χ1n) is 7.55. The van der Waals surface area contributed by atoms with E-state index in [4.69, 9.17) is 4.42 Å². The summed E-state index contributed by atoms with van der Waals surface area (Å²) in [5.74, 6) is 0.152. The average molecular weight is 318 g/mol. The second-order valence-corrected chi connectivity index (χ2v) is 5.98. The molecule has 2 amide bonds. The lowest BCUT2D eigenvalue weighted by atomic mass is 10.0. The van der Waals surface area contributed by atoms with E-state index in [0.29, 0.717) is 24.2 Å². The van der Waals surface area contributed by atoms with Crippen molar-refractivity contribution in [1.82, 2.24) is 10.6 Å². The summed E-state index contributed by atoms with van der Waals surface area (Å²) in [7, 11) is 0. The summed E-state index contributed by atoms with van der Waals surface area (Å²) in [5, 5.41) is 15.7. The van der Waals surface area contributed by atoms with E-state index < -0.39 is 11.6 Å². The third-order valence-corrected chi connectivity index (χ3v) is 4.16. The first-order chi connectivity index (χ1) is 11.0. The topological polar surface area (TPSA) is 74.5 Å². The first-order valence-corrected chi connectivity index (χ1v) is 7.55. The third kappa shape index (κ3) is 3.22. The highest BCUT2D eigenvalue weighted by Crippen LogP contribution is 2.32. The molecule has 0 spiro atoms. The molecule has 1 heterocycles. The van der Waals surface area contributed by atoms with Gasteiger partial charge >= 0.3 is 6.03 Å². The fourth-order valence-electron chi connectivity index (χ4n) is 2.89. The van der Waals surface area contributed by atoms with E-state index in [-0.39, 0.29) is 18.4 Å². The molecular weight excluding hydrogens is 299 g/mol. The number of hydrogen-bond acceptors (Lipinski definition) is 3. The average Bonchev–Trinajstić information content (AvgIpc) is 3.17. The lowest BCUT2D eigenvalue weighted by Crippen LogP contribution is -2.44. The van der Waals surface area contributed by atoms with Crippen LogP contribution in [0.2, 0.25) is 0 Å². The maximum Gasteiger partial charge on any atom is 0.315 e. The number of aliphatic hydroxyl groups is 1. The molecule has 1 aliphatic carbocycles. The van der Waals surface area contributed by atoms with Gasteiger partial charge in [-0.25, -0.2) is 9.18 Å². The van der Waals surface area contributed by atoms with Crippen molar-refractivity contribution < 1.29 is 18.7 Å². The zero-order valence-electron chi connectivity index (χ0n) is 12.8. The summed E-state index contributed by atoms with van der Waals surface area (Å²) in [6, 6.07) is 7.61. The van der Waals surface area contributed by atoms with Crippen molar-refractivity contribution in [1.29, 1.82) is 0 Å². The molecule has 0 saturated heterocycles. The monoisotopic (exact) mass is 318 g/mol. The molecule has 6 heteroatoms. The van der Waals surface area contributed by atoms with Crippen LogP contribution in [-0.2, 0) is 12.0 Å². The van der Waals surface area contributed by atoms with Crippen LogP contribution in [0.15, 0.2) is 41.0 Å². The van der Waals surface area contributed by atoms with Gasteiger partial charge in [-0.05, 0) is 49.1 Å². The number of carbonyl (C=O) groups excluding carboxylic acids is 1. The molecule has 2 atom stereocenters. The Morgan fingerprint density at radius 2 is 2.26 bits per heavy atom. The Bertz CT molecular complexity index is 698. The van der Waals surface area contributed by atoms with Gasteiger partial charge in [-0.3, -0.25) is 0 Å². The molecule has 5 nitrogen and oxygen atoms in total. The van der Waals surface area contributed by atoms with Gasteiger partial charge in [0.25, 0.3) is 0 Å². The second-order valence-electron chi connectivity index (χ2n) is 5.98. The predicted molar refractivity (Wildman–Crippen MR) is 82.3 cm³/mol. The van der Waals surface area contributed by atoms with Gasteiger partial charge in [0, 0.05) is 0 Å². The molecule has 1 aromatic heterocycles. The summed E-state index contributed by atoms with van der Waals surface area (Å²) in [5.41, 5.74) is 0.193. The minimum atomic E-state index is -1.29. The summed E-state index contributed by atoms with van der Waals surface area (Å²) >= 11 is 0. The summed E-state index contributed by atoms with van der Waals surface area (Å²) in [6.07, 6.45) is 2.74. The van der Waals surface area contributed by atoms with Crippen molar-refractivity contribution in [3.8, 4) is 0 Å².